The van der Waals surface area contributed by atoms with Crippen molar-refractivity contribution in [3.8, 4) is 11.5 Å². The Labute approximate surface area is 306 Å². The fraction of sp³-hybridized carbons (Fsp3) is 0.273. The van der Waals surface area contributed by atoms with Gasteiger partial charge in [0.1, 0.15) is 11.5 Å². The first-order valence-electron chi connectivity index (χ1n) is 18.2. The van der Waals surface area contributed by atoms with E-state index in [1.165, 1.54) is 19.5 Å². The second-order valence-corrected chi connectivity index (χ2v) is 15.6. The molecule has 0 saturated heterocycles. The predicted octanol–water partition coefficient (Wildman–Crippen LogP) is 4.41. The molecule has 52 heavy (non-hydrogen) atoms. The lowest BCUT2D eigenvalue weighted by Crippen LogP contribution is -2.44. The minimum Gasteiger partial charge on any atom is -0.497 e. The first-order valence-corrected chi connectivity index (χ1v) is 18.2. The molecule has 8 heteroatoms. The Bertz CT molecular complexity index is 2380. The average Bonchev–Trinajstić information content (AvgIpc) is 3.94. The summed E-state index contributed by atoms with van der Waals surface area (Å²) in [7, 11) is 13.1. The number of fused-ring (bicyclic) bond motifs is 8. The van der Waals surface area contributed by atoms with Gasteiger partial charge >= 0.3 is 0 Å². The summed E-state index contributed by atoms with van der Waals surface area (Å²) < 4.78 is 13.7. The predicted molar refractivity (Wildman–Crippen MR) is 211 cm³/mol. The third-order valence-electron chi connectivity index (χ3n) is 9.82. The zero-order chi connectivity index (χ0) is 36.3. The molecule has 0 amide bonds. The zero-order valence-electron chi connectivity index (χ0n) is 31.3. The number of nitrogens with zero attached hydrogens (tertiary/aromatic N) is 2. The summed E-state index contributed by atoms with van der Waals surface area (Å²) in [5, 5.41) is 4.08. The number of nitrogens with one attached hydrogen (secondary N) is 4. The number of aromatic amines is 4. The Hall–Kier alpha value is -5.44. The van der Waals surface area contributed by atoms with Crippen LogP contribution in [0.25, 0.3) is 23.3 Å². The Morgan fingerprint density at radius 2 is 1.00 bits per heavy atom. The third-order valence-corrected chi connectivity index (χ3v) is 9.82. The van der Waals surface area contributed by atoms with Gasteiger partial charge in [-0.2, -0.15) is 0 Å². The first kappa shape index (κ1) is 35.0. The molecule has 1 aliphatic rings. The first-order chi connectivity index (χ1) is 25.0. The van der Waals surface area contributed by atoms with Crippen LogP contribution in [-0.2, 0) is 0 Å². The van der Waals surface area contributed by atoms with Gasteiger partial charge in [0.25, 0.3) is 0 Å². The van der Waals surface area contributed by atoms with Crippen LogP contribution in [0.1, 0.15) is 46.7 Å². The molecule has 0 saturated carbocycles. The highest BCUT2D eigenvalue weighted by Crippen LogP contribution is 2.25. The lowest BCUT2D eigenvalue weighted by molar-refractivity contribution is -0.902. The van der Waals surface area contributed by atoms with Crippen LogP contribution >= 0.6 is 0 Å². The molecule has 7 rings (SSSR count). The highest BCUT2D eigenvalue weighted by molar-refractivity contribution is 5.79. The summed E-state index contributed by atoms with van der Waals surface area (Å²) in [5.74, 6) is 1.72. The molecule has 0 radical (unpaired) electrons. The summed E-state index contributed by atoms with van der Waals surface area (Å²) in [6, 6.07) is 33.8. The van der Waals surface area contributed by atoms with Crippen LogP contribution in [0.4, 0.5) is 0 Å². The Morgan fingerprint density at radius 3 is 1.50 bits per heavy atom. The van der Waals surface area contributed by atoms with Crippen molar-refractivity contribution in [1.29, 1.82) is 0 Å². The molecular weight excluding hydrogens is 645 g/mol. The SMILES string of the molecule is COc1ccc(C2=c3ccc([nH]3)=Cc3ccc([nH]3)C(c3ccc(OCCC[N+](C)(C)CCC[N+](C)(C)C)cc3)=c3ccc([nH]3)=Cc3ccc2[nH]3)cc1. The van der Waals surface area contributed by atoms with Gasteiger partial charge in [0.2, 0.25) is 0 Å². The molecule has 0 atom stereocenters. The van der Waals surface area contributed by atoms with E-state index in [0.717, 1.165) is 99.9 Å². The van der Waals surface area contributed by atoms with Crippen molar-refractivity contribution in [2.75, 3.05) is 68.6 Å². The third kappa shape index (κ3) is 8.36. The molecular formula is C44H52N6O2+2. The molecule has 268 valence electrons. The molecule has 2 aromatic carbocycles. The maximum atomic E-state index is 6.23. The summed E-state index contributed by atoms with van der Waals surface area (Å²) in [6.07, 6.45) is 6.54. The van der Waals surface area contributed by atoms with Crippen molar-refractivity contribution in [3.05, 3.63) is 152 Å². The minimum absolute atomic E-state index is 0.707. The van der Waals surface area contributed by atoms with Crippen molar-refractivity contribution < 1.29 is 18.4 Å². The minimum atomic E-state index is 0.707. The van der Waals surface area contributed by atoms with E-state index in [1.54, 1.807) is 7.11 Å². The van der Waals surface area contributed by atoms with Gasteiger partial charge in [-0.15, -0.1) is 0 Å². The van der Waals surface area contributed by atoms with Gasteiger partial charge in [-0.05, 0) is 96.1 Å². The molecule has 5 heterocycles. The highest BCUT2D eigenvalue weighted by Gasteiger charge is 2.17. The molecule has 4 N–H and O–H groups in total. The number of hydrogen-bond acceptors (Lipinski definition) is 2. The van der Waals surface area contributed by atoms with Crippen LogP contribution in [0, 0.1) is 0 Å². The number of methoxy groups -OCH3 is 1. The van der Waals surface area contributed by atoms with Crippen LogP contribution in [0.3, 0.4) is 0 Å². The summed E-state index contributed by atoms with van der Waals surface area (Å²) >= 11 is 0. The fourth-order valence-electron chi connectivity index (χ4n) is 7.06. The lowest BCUT2D eigenvalue weighted by atomic mass is 10.0. The molecule has 0 spiro atoms. The molecule has 0 fully saturated rings. The fourth-order valence-corrected chi connectivity index (χ4v) is 7.06. The van der Waals surface area contributed by atoms with Crippen LogP contribution in [0.2, 0.25) is 0 Å². The Morgan fingerprint density at radius 1 is 0.500 bits per heavy atom. The van der Waals surface area contributed by atoms with Gasteiger partial charge in [-0.3, -0.25) is 0 Å². The van der Waals surface area contributed by atoms with E-state index in [1.807, 2.05) is 12.1 Å². The van der Waals surface area contributed by atoms with Crippen LogP contribution in [0.5, 0.6) is 11.5 Å². The van der Waals surface area contributed by atoms with Crippen LogP contribution < -0.4 is 30.9 Å². The topological polar surface area (TPSA) is 81.6 Å². The van der Waals surface area contributed by atoms with E-state index in [2.05, 4.69) is 152 Å². The number of benzene rings is 2. The van der Waals surface area contributed by atoms with Crippen molar-refractivity contribution in [2.45, 2.75) is 12.8 Å². The number of ether oxygens (including phenoxy) is 2. The molecule has 1 aliphatic heterocycles. The maximum absolute atomic E-state index is 6.23. The van der Waals surface area contributed by atoms with Crippen LogP contribution in [-0.4, -0.2) is 97.5 Å². The van der Waals surface area contributed by atoms with E-state index < -0.39 is 0 Å². The maximum Gasteiger partial charge on any atom is 0.119 e. The van der Waals surface area contributed by atoms with E-state index in [-0.39, 0.29) is 0 Å². The quantitative estimate of drug-likeness (QED) is 0.113. The van der Waals surface area contributed by atoms with Gasteiger partial charge in [0.05, 0.1) is 68.6 Å². The van der Waals surface area contributed by atoms with E-state index in [4.69, 9.17) is 9.47 Å². The summed E-state index contributed by atoms with van der Waals surface area (Å²) in [6.45, 7) is 4.18. The number of aromatic nitrogens is 4. The van der Waals surface area contributed by atoms with Crippen molar-refractivity contribution >= 4 is 23.3 Å². The van der Waals surface area contributed by atoms with Crippen molar-refractivity contribution in [2.24, 2.45) is 0 Å². The second kappa shape index (κ2) is 14.7. The largest absolute Gasteiger partial charge is 0.497 e. The van der Waals surface area contributed by atoms with E-state index in [9.17, 15) is 0 Å². The number of rotatable bonds is 12. The van der Waals surface area contributed by atoms with Crippen molar-refractivity contribution in [3.63, 3.8) is 0 Å². The van der Waals surface area contributed by atoms with Gasteiger partial charge in [-0.1, -0.05) is 24.3 Å². The van der Waals surface area contributed by atoms with Crippen LogP contribution in [0.15, 0.2) is 97.1 Å². The highest BCUT2D eigenvalue weighted by atomic mass is 16.5. The van der Waals surface area contributed by atoms with Gasteiger partial charge in [0, 0.05) is 68.2 Å². The van der Waals surface area contributed by atoms with Gasteiger partial charge in [-0.25, -0.2) is 0 Å². The number of hydrogen-bond donors (Lipinski definition) is 4. The normalized spacial score (nSPS) is 13.1. The van der Waals surface area contributed by atoms with Gasteiger partial charge in [0.15, 0.2) is 0 Å². The average molecular weight is 697 g/mol. The smallest absolute Gasteiger partial charge is 0.119 e. The molecule has 0 unspecified atom stereocenters. The molecule has 6 aromatic rings. The number of H-pyrrole nitrogens is 4. The zero-order valence-corrected chi connectivity index (χ0v) is 31.3. The Kier molecular flexibility index (Phi) is 9.86. The monoisotopic (exact) mass is 696 g/mol. The molecule has 8 bridgehead atoms. The Balaban J connectivity index is 1.17. The standard InChI is InChI=1S/C44H52N6O2/c1-49(2,3)25-7-26-50(4,5)27-8-28-52-38-19-11-32(12-20-38)44-41-23-15-35(47-41)29-33-13-21-39(45-33)43(31-9-17-37(51-6)18-10-31)40-22-14-34(46-40)30-36-16-24-42(44)48-36/h9-24,29-30,45-48H,7-8,25-28H2,1-6H3/q+2. The summed E-state index contributed by atoms with van der Waals surface area (Å²) in [5.41, 5.74) is 8.46. The van der Waals surface area contributed by atoms with E-state index in [0.29, 0.717) is 6.61 Å². The molecule has 8 nitrogen and oxygen atoms in total. The number of quaternary nitrogens is 2. The van der Waals surface area contributed by atoms with Gasteiger partial charge < -0.3 is 38.4 Å². The molecule has 0 aliphatic carbocycles. The second-order valence-electron chi connectivity index (χ2n) is 15.6. The van der Waals surface area contributed by atoms with Crippen molar-refractivity contribution in [1.82, 2.24) is 19.9 Å². The molecule has 4 aromatic heterocycles. The van der Waals surface area contributed by atoms with E-state index >= 15 is 0 Å². The summed E-state index contributed by atoms with van der Waals surface area (Å²) in [4.78, 5) is 14.7. The lowest BCUT2D eigenvalue weighted by Gasteiger charge is -2.31.